The van der Waals surface area contributed by atoms with Gasteiger partial charge in [-0.3, -0.25) is 14.4 Å². The topological polar surface area (TPSA) is 62.2 Å². The highest BCUT2D eigenvalue weighted by Crippen LogP contribution is 2.14. The maximum absolute atomic E-state index is 12.1. The van der Waals surface area contributed by atoms with Crippen molar-refractivity contribution >= 4 is 18.3 Å². The molecule has 1 fully saturated rings. The monoisotopic (exact) mass is 315 g/mol. The summed E-state index contributed by atoms with van der Waals surface area (Å²) < 4.78 is 1.79. The van der Waals surface area contributed by atoms with Crippen LogP contribution >= 0.6 is 12.4 Å². The van der Waals surface area contributed by atoms with E-state index in [0.29, 0.717) is 18.2 Å². The maximum atomic E-state index is 12.1. The second-order valence-electron chi connectivity index (χ2n) is 5.58. The lowest BCUT2D eigenvalue weighted by atomic mass is 10.1. The van der Waals surface area contributed by atoms with Gasteiger partial charge in [0.2, 0.25) is 0 Å². The molecular weight excluding hydrogens is 290 g/mol. The van der Waals surface area contributed by atoms with Gasteiger partial charge in [0.05, 0.1) is 0 Å². The minimum Gasteiger partial charge on any atom is -0.349 e. The van der Waals surface area contributed by atoms with Crippen LogP contribution in [0.4, 0.5) is 0 Å². The van der Waals surface area contributed by atoms with Crippen LogP contribution in [0.2, 0.25) is 0 Å². The molecule has 120 valence electrons. The number of carbonyl (C=O) groups excluding carboxylic acids is 1. The third-order valence-electron chi connectivity index (χ3n) is 3.66. The number of rotatable bonds is 5. The molecule has 0 atom stereocenters. The van der Waals surface area contributed by atoms with Gasteiger partial charge >= 0.3 is 0 Å². The van der Waals surface area contributed by atoms with Crippen LogP contribution in [0.1, 0.15) is 35.9 Å². The number of halogens is 1. The third-order valence-corrected chi connectivity index (χ3v) is 3.66. The minimum absolute atomic E-state index is 0. The Balaban J connectivity index is 0.00000220. The fourth-order valence-electron chi connectivity index (χ4n) is 2.49. The van der Waals surface area contributed by atoms with Gasteiger partial charge in [0, 0.05) is 52.0 Å². The van der Waals surface area contributed by atoms with E-state index < -0.39 is 0 Å². The average Bonchev–Trinajstić information content (AvgIpc) is 2.82. The summed E-state index contributed by atoms with van der Waals surface area (Å²) in [6.07, 6.45) is 0. The van der Waals surface area contributed by atoms with E-state index in [2.05, 4.69) is 34.5 Å². The molecule has 0 aliphatic carbocycles. The number of aryl methyl sites for hydroxylation is 1. The molecule has 2 rings (SSSR count). The summed E-state index contributed by atoms with van der Waals surface area (Å²) in [7, 11) is 1.88. The molecule has 1 aromatic heterocycles. The fourth-order valence-corrected chi connectivity index (χ4v) is 2.49. The summed E-state index contributed by atoms with van der Waals surface area (Å²) in [4.78, 5) is 14.4. The largest absolute Gasteiger partial charge is 0.349 e. The van der Waals surface area contributed by atoms with Gasteiger partial charge in [-0.1, -0.05) is 13.8 Å². The molecule has 6 nitrogen and oxygen atoms in total. The average molecular weight is 316 g/mol. The van der Waals surface area contributed by atoms with Gasteiger partial charge in [0.25, 0.3) is 5.91 Å². The Morgan fingerprint density at radius 2 is 2.10 bits per heavy atom. The quantitative estimate of drug-likeness (QED) is 0.835. The van der Waals surface area contributed by atoms with Crippen molar-refractivity contribution in [3.8, 4) is 0 Å². The molecule has 1 aliphatic rings. The van der Waals surface area contributed by atoms with Crippen LogP contribution in [0, 0.1) is 0 Å². The van der Waals surface area contributed by atoms with Crippen LogP contribution in [0.25, 0.3) is 0 Å². The zero-order chi connectivity index (χ0) is 14.5. The molecule has 1 aliphatic heterocycles. The molecule has 1 amide bonds. The third kappa shape index (κ3) is 4.98. The number of hydrogen-bond acceptors (Lipinski definition) is 4. The number of carbonyl (C=O) groups is 1. The number of nitrogens with one attached hydrogen (secondary N) is 2. The Labute approximate surface area is 132 Å². The first-order valence-corrected chi connectivity index (χ1v) is 7.33. The summed E-state index contributed by atoms with van der Waals surface area (Å²) in [6, 6.07) is 1.88. The molecule has 0 unspecified atom stereocenters. The molecule has 0 bridgehead atoms. The highest BCUT2D eigenvalue weighted by atomic mass is 35.5. The van der Waals surface area contributed by atoms with Crippen molar-refractivity contribution in [2.45, 2.75) is 19.8 Å². The predicted octanol–water partition coefficient (Wildman–Crippen LogP) is 0.600. The van der Waals surface area contributed by atoms with Crippen LogP contribution < -0.4 is 10.6 Å². The molecule has 0 saturated carbocycles. The van der Waals surface area contributed by atoms with Crippen molar-refractivity contribution in [2.75, 3.05) is 39.3 Å². The number of piperazine rings is 1. The van der Waals surface area contributed by atoms with E-state index in [-0.39, 0.29) is 18.3 Å². The van der Waals surface area contributed by atoms with E-state index in [0.717, 1.165) is 38.4 Å². The lowest BCUT2D eigenvalue weighted by molar-refractivity contribution is 0.0941. The number of nitrogens with zero attached hydrogens (tertiary/aromatic N) is 3. The van der Waals surface area contributed by atoms with Crippen LogP contribution in [-0.2, 0) is 7.05 Å². The number of aromatic nitrogens is 2. The first-order valence-electron chi connectivity index (χ1n) is 7.33. The van der Waals surface area contributed by atoms with E-state index in [1.165, 1.54) is 0 Å². The van der Waals surface area contributed by atoms with Gasteiger partial charge in [-0.15, -0.1) is 12.4 Å². The van der Waals surface area contributed by atoms with Crippen molar-refractivity contribution < 1.29 is 4.79 Å². The van der Waals surface area contributed by atoms with Gasteiger partial charge in [-0.05, 0) is 12.0 Å². The van der Waals surface area contributed by atoms with E-state index in [1.54, 1.807) is 4.68 Å². The Morgan fingerprint density at radius 3 is 2.67 bits per heavy atom. The fraction of sp³-hybridized carbons (Fsp3) is 0.714. The molecule has 1 aromatic rings. The van der Waals surface area contributed by atoms with Crippen molar-refractivity contribution in [1.29, 1.82) is 0 Å². The first-order chi connectivity index (χ1) is 9.58. The van der Waals surface area contributed by atoms with Gasteiger partial charge in [-0.2, -0.15) is 5.10 Å². The Kier molecular flexibility index (Phi) is 7.14. The molecule has 7 heteroatoms. The molecule has 1 saturated heterocycles. The molecule has 0 aromatic carbocycles. The van der Waals surface area contributed by atoms with Crippen LogP contribution in [0.15, 0.2) is 6.07 Å². The first kappa shape index (κ1) is 17.9. The lowest BCUT2D eigenvalue weighted by Gasteiger charge is -2.26. The molecular formula is C14H26ClN5O. The zero-order valence-electron chi connectivity index (χ0n) is 13.1. The number of amides is 1. The Morgan fingerprint density at radius 1 is 1.43 bits per heavy atom. The maximum Gasteiger partial charge on any atom is 0.271 e. The van der Waals surface area contributed by atoms with E-state index in [9.17, 15) is 4.79 Å². The van der Waals surface area contributed by atoms with Crippen molar-refractivity contribution in [3.05, 3.63) is 17.5 Å². The molecule has 21 heavy (non-hydrogen) atoms. The second-order valence-corrected chi connectivity index (χ2v) is 5.58. The summed E-state index contributed by atoms with van der Waals surface area (Å²) in [5.41, 5.74) is 1.59. The van der Waals surface area contributed by atoms with Crippen molar-refractivity contribution in [1.82, 2.24) is 25.3 Å². The van der Waals surface area contributed by atoms with Crippen LogP contribution in [0.5, 0.6) is 0 Å². The summed E-state index contributed by atoms with van der Waals surface area (Å²) in [5, 5.41) is 10.5. The van der Waals surface area contributed by atoms with E-state index in [4.69, 9.17) is 0 Å². The number of hydrogen-bond donors (Lipinski definition) is 2. The Bertz CT molecular complexity index is 454. The van der Waals surface area contributed by atoms with E-state index in [1.807, 2.05) is 13.1 Å². The summed E-state index contributed by atoms with van der Waals surface area (Å²) in [5.74, 6) is 0.289. The van der Waals surface area contributed by atoms with Crippen LogP contribution in [0.3, 0.4) is 0 Å². The highest BCUT2D eigenvalue weighted by Gasteiger charge is 2.15. The van der Waals surface area contributed by atoms with Crippen LogP contribution in [-0.4, -0.2) is 59.9 Å². The smallest absolute Gasteiger partial charge is 0.271 e. The second kappa shape index (κ2) is 8.36. The SMILES string of the molecule is CC(C)c1cc(C(=O)NCCN2CCNCC2)nn1C.Cl. The predicted molar refractivity (Wildman–Crippen MR) is 86.2 cm³/mol. The molecule has 2 heterocycles. The molecule has 0 radical (unpaired) electrons. The zero-order valence-corrected chi connectivity index (χ0v) is 13.9. The van der Waals surface area contributed by atoms with E-state index >= 15 is 0 Å². The summed E-state index contributed by atoms with van der Waals surface area (Å²) >= 11 is 0. The van der Waals surface area contributed by atoms with Crippen molar-refractivity contribution in [2.24, 2.45) is 7.05 Å². The molecule has 2 N–H and O–H groups in total. The van der Waals surface area contributed by atoms with Gasteiger partial charge in [0.15, 0.2) is 0 Å². The summed E-state index contributed by atoms with van der Waals surface area (Å²) in [6.45, 7) is 9.95. The normalized spacial score (nSPS) is 15.8. The van der Waals surface area contributed by atoms with Crippen molar-refractivity contribution in [3.63, 3.8) is 0 Å². The molecule has 0 spiro atoms. The van der Waals surface area contributed by atoms with Gasteiger partial charge in [-0.25, -0.2) is 0 Å². The lowest BCUT2D eigenvalue weighted by Crippen LogP contribution is -2.46. The van der Waals surface area contributed by atoms with Gasteiger partial charge in [0.1, 0.15) is 5.69 Å². The van der Waals surface area contributed by atoms with Gasteiger partial charge < -0.3 is 10.6 Å². The standard InChI is InChI=1S/C14H25N5O.ClH/c1-11(2)13-10-12(17-18(13)3)14(20)16-6-9-19-7-4-15-5-8-19;/h10-11,15H,4-9H2,1-3H3,(H,16,20);1H. The highest BCUT2D eigenvalue weighted by molar-refractivity contribution is 5.92. The Hall–Kier alpha value is -1.11. The minimum atomic E-state index is -0.0809.